The van der Waals surface area contributed by atoms with E-state index < -0.39 is 0 Å². The van der Waals surface area contributed by atoms with Crippen LogP contribution >= 0.6 is 11.3 Å². The number of nitrogens with zero attached hydrogens (tertiary/aromatic N) is 1. The van der Waals surface area contributed by atoms with E-state index in [2.05, 4.69) is 22.4 Å². The van der Waals surface area contributed by atoms with Gasteiger partial charge >= 0.3 is 0 Å². The SMILES string of the molecule is O=C(NCc1ccccc1)c1csc(Cc2ccccc2)n1. The normalized spacial score (nSPS) is 10.4. The van der Waals surface area contributed by atoms with Gasteiger partial charge in [-0.3, -0.25) is 4.79 Å². The number of amides is 1. The second-order valence-corrected chi connectivity index (χ2v) is 5.90. The van der Waals surface area contributed by atoms with Crippen LogP contribution in [0, 0.1) is 0 Å². The van der Waals surface area contributed by atoms with E-state index in [1.807, 2.05) is 53.9 Å². The summed E-state index contributed by atoms with van der Waals surface area (Å²) >= 11 is 1.52. The van der Waals surface area contributed by atoms with E-state index >= 15 is 0 Å². The Kier molecular flexibility index (Phi) is 4.61. The van der Waals surface area contributed by atoms with Gasteiger partial charge in [0.1, 0.15) is 5.69 Å². The predicted molar refractivity (Wildman–Crippen MR) is 89.0 cm³/mol. The number of carbonyl (C=O) groups is 1. The Bertz CT molecular complexity index is 738. The Balaban J connectivity index is 1.60. The van der Waals surface area contributed by atoms with Crippen LogP contribution in [0.15, 0.2) is 66.0 Å². The van der Waals surface area contributed by atoms with Crippen molar-refractivity contribution >= 4 is 17.2 Å². The lowest BCUT2D eigenvalue weighted by Gasteiger charge is -2.02. The standard InChI is InChI=1S/C18H16N2OS/c21-18(19-12-15-9-5-2-6-10-15)16-13-22-17(20-16)11-14-7-3-1-4-8-14/h1-10,13H,11-12H2,(H,19,21). The van der Waals surface area contributed by atoms with Crippen LogP contribution in [0.25, 0.3) is 0 Å². The molecule has 0 fully saturated rings. The molecule has 1 N–H and O–H groups in total. The van der Waals surface area contributed by atoms with Crippen LogP contribution in [0.5, 0.6) is 0 Å². The number of nitrogens with one attached hydrogen (secondary N) is 1. The Morgan fingerprint density at radius 3 is 2.27 bits per heavy atom. The van der Waals surface area contributed by atoms with Gasteiger partial charge in [0.2, 0.25) is 0 Å². The largest absolute Gasteiger partial charge is 0.347 e. The molecule has 0 spiro atoms. The first-order valence-electron chi connectivity index (χ1n) is 7.12. The summed E-state index contributed by atoms with van der Waals surface area (Å²) in [4.78, 5) is 16.5. The molecule has 0 saturated heterocycles. The van der Waals surface area contributed by atoms with Crippen LogP contribution in [-0.2, 0) is 13.0 Å². The summed E-state index contributed by atoms with van der Waals surface area (Å²) in [5.41, 5.74) is 2.77. The number of carbonyl (C=O) groups excluding carboxylic acids is 1. The summed E-state index contributed by atoms with van der Waals surface area (Å²) in [6.07, 6.45) is 0.761. The highest BCUT2D eigenvalue weighted by molar-refractivity contribution is 7.09. The molecule has 3 rings (SSSR count). The Morgan fingerprint density at radius 2 is 1.59 bits per heavy atom. The second-order valence-electron chi connectivity index (χ2n) is 4.96. The number of hydrogen-bond acceptors (Lipinski definition) is 3. The molecule has 0 aliphatic heterocycles. The van der Waals surface area contributed by atoms with Crippen LogP contribution in [0.4, 0.5) is 0 Å². The average molecular weight is 308 g/mol. The second kappa shape index (κ2) is 7.00. The topological polar surface area (TPSA) is 42.0 Å². The van der Waals surface area contributed by atoms with E-state index in [0.717, 1.165) is 17.0 Å². The molecule has 0 aliphatic carbocycles. The van der Waals surface area contributed by atoms with E-state index in [1.165, 1.54) is 16.9 Å². The summed E-state index contributed by atoms with van der Waals surface area (Å²) in [5.74, 6) is -0.126. The number of rotatable bonds is 5. The molecule has 3 aromatic rings. The van der Waals surface area contributed by atoms with Crippen LogP contribution in [0.3, 0.4) is 0 Å². The van der Waals surface area contributed by atoms with Crippen molar-refractivity contribution in [2.75, 3.05) is 0 Å². The highest BCUT2D eigenvalue weighted by Gasteiger charge is 2.10. The quantitative estimate of drug-likeness (QED) is 0.781. The lowest BCUT2D eigenvalue weighted by Crippen LogP contribution is -2.23. The minimum atomic E-state index is -0.126. The molecule has 22 heavy (non-hydrogen) atoms. The summed E-state index contributed by atoms with van der Waals surface area (Å²) in [5, 5.41) is 5.67. The van der Waals surface area contributed by atoms with Crippen molar-refractivity contribution in [3.8, 4) is 0 Å². The Labute approximate surface area is 133 Å². The highest BCUT2D eigenvalue weighted by Crippen LogP contribution is 2.14. The van der Waals surface area contributed by atoms with Gasteiger partial charge in [-0.2, -0.15) is 0 Å². The van der Waals surface area contributed by atoms with Gasteiger partial charge in [0.05, 0.1) is 5.01 Å². The lowest BCUT2D eigenvalue weighted by molar-refractivity contribution is 0.0946. The fourth-order valence-corrected chi connectivity index (χ4v) is 2.94. The van der Waals surface area contributed by atoms with Crippen molar-refractivity contribution in [3.63, 3.8) is 0 Å². The minimum absolute atomic E-state index is 0.126. The van der Waals surface area contributed by atoms with Gasteiger partial charge in [-0.15, -0.1) is 11.3 Å². The van der Waals surface area contributed by atoms with Crippen molar-refractivity contribution in [1.82, 2.24) is 10.3 Å². The summed E-state index contributed by atoms with van der Waals surface area (Å²) in [6, 6.07) is 20.0. The molecule has 0 bridgehead atoms. The van der Waals surface area contributed by atoms with Gasteiger partial charge in [-0.05, 0) is 11.1 Å². The summed E-state index contributed by atoms with van der Waals surface area (Å²) < 4.78 is 0. The van der Waals surface area contributed by atoms with E-state index in [4.69, 9.17) is 0 Å². The summed E-state index contributed by atoms with van der Waals surface area (Å²) in [6.45, 7) is 0.519. The first-order chi connectivity index (χ1) is 10.8. The van der Waals surface area contributed by atoms with Crippen LogP contribution in [0.2, 0.25) is 0 Å². The molecule has 0 atom stereocenters. The third-order valence-electron chi connectivity index (χ3n) is 3.28. The molecule has 1 aromatic heterocycles. The molecular weight excluding hydrogens is 292 g/mol. The third-order valence-corrected chi connectivity index (χ3v) is 4.13. The number of thiazole rings is 1. The molecule has 0 unspecified atom stereocenters. The van der Waals surface area contributed by atoms with Gasteiger partial charge in [0, 0.05) is 18.3 Å². The van der Waals surface area contributed by atoms with Crippen molar-refractivity contribution in [2.45, 2.75) is 13.0 Å². The highest BCUT2D eigenvalue weighted by atomic mass is 32.1. The summed E-state index contributed by atoms with van der Waals surface area (Å²) in [7, 11) is 0. The van der Waals surface area contributed by atoms with Crippen molar-refractivity contribution in [3.05, 3.63) is 87.9 Å². The zero-order valence-electron chi connectivity index (χ0n) is 12.0. The maximum absolute atomic E-state index is 12.1. The first kappa shape index (κ1) is 14.5. The van der Waals surface area contributed by atoms with Crippen molar-refractivity contribution in [2.24, 2.45) is 0 Å². The lowest BCUT2D eigenvalue weighted by atomic mass is 10.2. The Morgan fingerprint density at radius 1 is 0.955 bits per heavy atom. The van der Waals surface area contributed by atoms with Gasteiger partial charge in [-0.25, -0.2) is 4.98 Å². The monoisotopic (exact) mass is 308 g/mol. The molecule has 1 amide bonds. The molecule has 3 nitrogen and oxygen atoms in total. The van der Waals surface area contributed by atoms with Crippen molar-refractivity contribution < 1.29 is 4.79 Å². The van der Waals surface area contributed by atoms with Gasteiger partial charge < -0.3 is 5.32 Å². The average Bonchev–Trinajstić information content (AvgIpc) is 3.03. The fraction of sp³-hybridized carbons (Fsp3) is 0.111. The predicted octanol–water partition coefficient (Wildman–Crippen LogP) is 3.66. The number of aromatic nitrogens is 1. The first-order valence-corrected chi connectivity index (χ1v) is 8.00. The molecule has 0 saturated carbocycles. The molecule has 4 heteroatoms. The zero-order valence-corrected chi connectivity index (χ0v) is 12.8. The van der Waals surface area contributed by atoms with Gasteiger partial charge in [0.15, 0.2) is 0 Å². The maximum atomic E-state index is 12.1. The van der Waals surface area contributed by atoms with Crippen molar-refractivity contribution in [1.29, 1.82) is 0 Å². The molecule has 110 valence electrons. The van der Waals surface area contributed by atoms with Crippen LogP contribution in [0.1, 0.15) is 26.6 Å². The van der Waals surface area contributed by atoms with Crippen LogP contribution in [-0.4, -0.2) is 10.9 Å². The number of hydrogen-bond donors (Lipinski definition) is 1. The minimum Gasteiger partial charge on any atom is -0.347 e. The molecule has 2 aromatic carbocycles. The van der Waals surface area contributed by atoms with E-state index in [0.29, 0.717) is 12.2 Å². The molecule has 0 aliphatic rings. The molecule has 0 radical (unpaired) electrons. The van der Waals surface area contributed by atoms with E-state index in [9.17, 15) is 4.79 Å². The van der Waals surface area contributed by atoms with Gasteiger partial charge in [-0.1, -0.05) is 60.7 Å². The zero-order chi connectivity index (χ0) is 15.2. The van der Waals surface area contributed by atoms with Crippen LogP contribution < -0.4 is 5.32 Å². The molecule has 1 heterocycles. The maximum Gasteiger partial charge on any atom is 0.271 e. The number of benzene rings is 2. The molecular formula is C18H16N2OS. The third kappa shape index (κ3) is 3.80. The van der Waals surface area contributed by atoms with E-state index in [-0.39, 0.29) is 5.91 Å². The fourth-order valence-electron chi connectivity index (χ4n) is 2.14. The Hall–Kier alpha value is -2.46. The van der Waals surface area contributed by atoms with Gasteiger partial charge in [0.25, 0.3) is 5.91 Å². The smallest absolute Gasteiger partial charge is 0.271 e. The van der Waals surface area contributed by atoms with E-state index in [1.54, 1.807) is 0 Å².